The molecule has 0 aliphatic heterocycles. The van der Waals surface area contributed by atoms with Crippen molar-refractivity contribution in [3.63, 3.8) is 0 Å². The third-order valence-electron chi connectivity index (χ3n) is 3.30. The molecule has 1 N–H and O–H groups in total. The highest BCUT2D eigenvalue weighted by Crippen LogP contribution is 2.29. The Morgan fingerprint density at radius 3 is 2.89 bits per heavy atom. The van der Waals surface area contributed by atoms with Gasteiger partial charge < -0.3 is 5.32 Å². The van der Waals surface area contributed by atoms with Crippen LogP contribution in [0.2, 0.25) is 5.02 Å². The zero-order chi connectivity index (χ0) is 13.8. The van der Waals surface area contributed by atoms with E-state index in [0.717, 1.165) is 28.6 Å². The molecule has 0 bridgehead atoms. The number of nitrogens with one attached hydrogen (secondary N) is 1. The number of rotatable bonds is 3. The molecule has 102 valence electrons. The Bertz CT molecular complexity index is 525. The molecule has 1 aromatic rings. The maximum absolute atomic E-state index is 12.0. The number of carbonyl (C=O) groups is 1. The molecule has 4 heteroatoms. The van der Waals surface area contributed by atoms with Gasteiger partial charge in [0.05, 0.1) is 5.69 Å². The van der Waals surface area contributed by atoms with Crippen molar-refractivity contribution in [2.45, 2.75) is 39.0 Å². The van der Waals surface area contributed by atoms with E-state index in [1.165, 1.54) is 18.4 Å². The Kier molecular flexibility index (Phi) is 5.06. The summed E-state index contributed by atoms with van der Waals surface area (Å²) in [6.45, 7) is 1.94. The minimum Gasteiger partial charge on any atom is -0.325 e. The maximum atomic E-state index is 12.0. The summed E-state index contributed by atoms with van der Waals surface area (Å²) in [7, 11) is 0. The van der Waals surface area contributed by atoms with E-state index in [9.17, 15) is 4.79 Å². The van der Waals surface area contributed by atoms with Crippen LogP contribution in [0.15, 0.2) is 28.3 Å². The van der Waals surface area contributed by atoms with Crippen LogP contribution in [-0.4, -0.2) is 5.91 Å². The standard InChI is InChI=1S/C15H17BrClNO/c1-10-7-12(16)14(9-13(10)17)18-15(19)8-11-5-3-2-4-6-11/h5,7,9H,2-4,6,8H2,1H3,(H,18,19). The lowest BCUT2D eigenvalue weighted by atomic mass is 9.97. The first-order valence-electron chi connectivity index (χ1n) is 6.49. The fourth-order valence-electron chi connectivity index (χ4n) is 2.21. The predicted octanol–water partition coefficient (Wildman–Crippen LogP) is 5.24. The molecular weight excluding hydrogens is 326 g/mol. The van der Waals surface area contributed by atoms with Gasteiger partial charge in [-0.1, -0.05) is 23.3 Å². The summed E-state index contributed by atoms with van der Waals surface area (Å²) in [6.07, 6.45) is 7.26. The van der Waals surface area contributed by atoms with Crippen LogP contribution in [0.5, 0.6) is 0 Å². The van der Waals surface area contributed by atoms with Crippen LogP contribution < -0.4 is 5.32 Å². The van der Waals surface area contributed by atoms with E-state index in [0.29, 0.717) is 11.4 Å². The quantitative estimate of drug-likeness (QED) is 0.748. The minimum atomic E-state index is 0.0220. The van der Waals surface area contributed by atoms with E-state index in [1.54, 1.807) is 6.07 Å². The summed E-state index contributed by atoms with van der Waals surface area (Å²) in [5.74, 6) is 0.0220. The van der Waals surface area contributed by atoms with Crippen LogP contribution in [0.1, 0.15) is 37.7 Å². The topological polar surface area (TPSA) is 29.1 Å². The van der Waals surface area contributed by atoms with Crippen LogP contribution in [0, 0.1) is 6.92 Å². The largest absolute Gasteiger partial charge is 0.325 e. The molecule has 0 fully saturated rings. The van der Waals surface area contributed by atoms with Crippen molar-refractivity contribution < 1.29 is 4.79 Å². The maximum Gasteiger partial charge on any atom is 0.228 e. The highest BCUT2D eigenvalue weighted by Gasteiger charge is 2.11. The molecule has 1 aliphatic rings. The van der Waals surface area contributed by atoms with Gasteiger partial charge in [-0.3, -0.25) is 4.79 Å². The predicted molar refractivity (Wildman–Crippen MR) is 83.7 cm³/mol. The van der Waals surface area contributed by atoms with E-state index in [1.807, 2.05) is 13.0 Å². The molecule has 0 aromatic heterocycles. The van der Waals surface area contributed by atoms with E-state index in [2.05, 4.69) is 27.3 Å². The number of anilines is 1. The van der Waals surface area contributed by atoms with Crippen molar-refractivity contribution in [1.29, 1.82) is 0 Å². The van der Waals surface area contributed by atoms with E-state index in [4.69, 9.17) is 11.6 Å². The van der Waals surface area contributed by atoms with Crippen LogP contribution in [0.25, 0.3) is 0 Å². The van der Waals surface area contributed by atoms with Gasteiger partial charge >= 0.3 is 0 Å². The molecule has 0 atom stereocenters. The highest BCUT2D eigenvalue weighted by molar-refractivity contribution is 9.10. The van der Waals surface area contributed by atoms with Gasteiger partial charge in [-0.05, 0) is 66.2 Å². The number of hydrogen-bond donors (Lipinski definition) is 1. The molecule has 0 saturated heterocycles. The molecule has 0 spiro atoms. The van der Waals surface area contributed by atoms with Crippen molar-refractivity contribution in [1.82, 2.24) is 0 Å². The molecule has 0 radical (unpaired) electrons. The third-order valence-corrected chi connectivity index (χ3v) is 4.36. The molecule has 2 rings (SSSR count). The zero-order valence-electron chi connectivity index (χ0n) is 10.9. The summed E-state index contributed by atoms with van der Waals surface area (Å²) >= 11 is 9.52. The Labute approximate surface area is 127 Å². The Hall–Kier alpha value is -0.800. The Morgan fingerprint density at radius 1 is 1.42 bits per heavy atom. The first-order valence-corrected chi connectivity index (χ1v) is 7.67. The molecule has 0 saturated carbocycles. The Morgan fingerprint density at radius 2 is 2.21 bits per heavy atom. The summed E-state index contributed by atoms with van der Waals surface area (Å²) in [6, 6.07) is 3.70. The summed E-state index contributed by atoms with van der Waals surface area (Å²) in [5.41, 5.74) is 2.97. The lowest BCUT2D eigenvalue weighted by molar-refractivity contribution is -0.115. The van der Waals surface area contributed by atoms with Gasteiger partial charge in [-0.15, -0.1) is 0 Å². The average molecular weight is 343 g/mol. The number of aryl methyl sites for hydroxylation is 1. The van der Waals surface area contributed by atoms with Gasteiger partial charge in [0.15, 0.2) is 0 Å². The minimum absolute atomic E-state index is 0.0220. The SMILES string of the molecule is Cc1cc(Br)c(NC(=O)CC2=CCCCC2)cc1Cl. The number of hydrogen-bond acceptors (Lipinski definition) is 1. The molecule has 1 aliphatic carbocycles. The number of amides is 1. The molecule has 1 amide bonds. The van der Waals surface area contributed by atoms with Gasteiger partial charge in [0.25, 0.3) is 0 Å². The van der Waals surface area contributed by atoms with Crippen molar-refractivity contribution in [2.75, 3.05) is 5.32 Å². The smallest absolute Gasteiger partial charge is 0.228 e. The fraction of sp³-hybridized carbons (Fsp3) is 0.400. The summed E-state index contributed by atoms with van der Waals surface area (Å²) in [5, 5.41) is 3.58. The second-order valence-corrected chi connectivity index (χ2v) is 6.18. The molecule has 2 nitrogen and oxygen atoms in total. The van der Waals surface area contributed by atoms with Gasteiger partial charge in [0.2, 0.25) is 5.91 Å². The second-order valence-electron chi connectivity index (χ2n) is 4.91. The van der Waals surface area contributed by atoms with Crippen molar-refractivity contribution in [3.05, 3.63) is 38.8 Å². The number of benzene rings is 1. The Balaban J connectivity index is 2.02. The van der Waals surface area contributed by atoms with Gasteiger partial charge in [-0.2, -0.15) is 0 Å². The van der Waals surface area contributed by atoms with E-state index < -0.39 is 0 Å². The van der Waals surface area contributed by atoms with E-state index >= 15 is 0 Å². The first kappa shape index (κ1) is 14.6. The number of allylic oxidation sites excluding steroid dienone is 1. The highest BCUT2D eigenvalue weighted by atomic mass is 79.9. The van der Waals surface area contributed by atoms with Gasteiger partial charge in [0, 0.05) is 15.9 Å². The summed E-state index contributed by atoms with van der Waals surface area (Å²) < 4.78 is 0.861. The molecule has 1 aromatic carbocycles. The fourth-order valence-corrected chi connectivity index (χ4v) is 2.93. The van der Waals surface area contributed by atoms with Gasteiger partial charge in [0.1, 0.15) is 0 Å². The molecule has 0 unspecified atom stereocenters. The first-order chi connectivity index (χ1) is 9.06. The van der Waals surface area contributed by atoms with Crippen LogP contribution in [0.3, 0.4) is 0 Å². The van der Waals surface area contributed by atoms with Crippen molar-refractivity contribution in [3.8, 4) is 0 Å². The number of carbonyl (C=O) groups excluding carboxylic acids is 1. The normalized spacial score (nSPS) is 15.0. The lowest BCUT2D eigenvalue weighted by Crippen LogP contribution is -2.13. The third kappa shape index (κ3) is 4.08. The molecule has 0 heterocycles. The molecule has 19 heavy (non-hydrogen) atoms. The average Bonchev–Trinajstić information content (AvgIpc) is 2.37. The van der Waals surface area contributed by atoms with Gasteiger partial charge in [-0.25, -0.2) is 0 Å². The van der Waals surface area contributed by atoms with Crippen molar-refractivity contribution >= 4 is 39.1 Å². The molecular formula is C15H17BrClNO. The lowest BCUT2D eigenvalue weighted by Gasteiger charge is -2.13. The monoisotopic (exact) mass is 341 g/mol. The zero-order valence-corrected chi connectivity index (χ0v) is 13.3. The van der Waals surface area contributed by atoms with E-state index in [-0.39, 0.29) is 5.91 Å². The van der Waals surface area contributed by atoms with Crippen LogP contribution in [0.4, 0.5) is 5.69 Å². The second kappa shape index (κ2) is 6.58. The number of halogens is 2. The summed E-state index contributed by atoms with van der Waals surface area (Å²) in [4.78, 5) is 12.0. The van der Waals surface area contributed by atoms with Crippen molar-refractivity contribution in [2.24, 2.45) is 0 Å². The van der Waals surface area contributed by atoms with Crippen LogP contribution in [-0.2, 0) is 4.79 Å². The van der Waals surface area contributed by atoms with Crippen LogP contribution >= 0.6 is 27.5 Å².